The number of aliphatic carboxylic acids is 1. The Balaban J connectivity index is 2.03. The van der Waals surface area contributed by atoms with Crippen molar-refractivity contribution in [2.75, 3.05) is 12.3 Å². The molecular weight excluding hydrogens is 290 g/mol. The molecule has 3 unspecified atom stereocenters. The van der Waals surface area contributed by atoms with Crippen molar-refractivity contribution >= 4 is 15.8 Å². The molecule has 21 heavy (non-hydrogen) atoms. The van der Waals surface area contributed by atoms with Crippen LogP contribution in [0.15, 0.2) is 29.2 Å². The Labute approximate surface area is 124 Å². The van der Waals surface area contributed by atoms with Crippen molar-refractivity contribution in [1.82, 2.24) is 4.90 Å². The summed E-state index contributed by atoms with van der Waals surface area (Å²) in [4.78, 5) is 13.9. The number of carboxylic acid groups (broad SMARTS) is 1. The van der Waals surface area contributed by atoms with Crippen LogP contribution in [0.1, 0.15) is 31.4 Å². The Bertz CT molecular complexity index is 670. The van der Waals surface area contributed by atoms with Gasteiger partial charge in [-0.05, 0) is 36.9 Å². The van der Waals surface area contributed by atoms with Crippen molar-refractivity contribution in [3.63, 3.8) is 0 Å². The lowest BCUT2D eigenvalue weighted by molar-refractivity contribution is -0.144. The van der Waals surface area contributed by atoms with Gasteiger partial charge in [0.2, 0.25) is 0 Å². The topological polar surface area (TPSA) is 74.7 Å². The maximum atomic E-state index is 12.2. The van der Waals surface area contributed by atoms with E-state index in [-0.39, 0.29) is 17.7 Å². The third-order valence-corrected chi connectivity index (χ3v) is 6.48. The molecule has 2 aliphatic rings. The summed E-state index contributed by atoms with van der Waals surface area (Å²) < 4.78 is 24.4. The van der Waals surface area contributed by atoms with Crippen LogP contribution in [0.2, 0.25) is 0 Å². The van der Waals surface area contributed by atoms with Gasteiger partial charge in [-0.15, -0.1) is 0 Å². The minimum absolute atomic E-state index is 0.0892. The minimum atomic E-state index is -3.23. The fourth-order valence-electron chi connectivity index (χ4n) is 3.63. The molecule has 2 aliphatic heterocycles. The number of sulfone groups is 1. The molecule has 1 aromatic rings. The Hall–Kier alpha value is -1.40. The molecule has 5 nitrogen and oxygen atoms in total. The maximum absolute atomic E-state index is 12.2. The van der Waals surface area contributed by atoms with Crippen LogP contribution in [0, 0.1) is 5.92 Å². The highest BCUT2D eigenvalue weighted by Gasteiger charge is 2.43. The van der Waals surface area contributed by atoms with E-state index < -0.39 is 21.8 Å². The first-order valence-electron chi connectivity index (χ1n) is 7.22. The Morgan fingerprint density at radius 2 is 2.00 bits per heavy atom. The molecule has 1 fully saturated rings. The Kier molecular flexibility index (Phi) is 3.53. The van der Waals surface area contributed by atoms with Crippen LogP contribution in [0.3, 0.4) is 0 Å². The number of carboxylic acids is 1. The molecular formula is C15H19NO4S. The number of rotatable bonds is 2. The van der Waals surface area contributed by atoms with Crippen LogP contribution < -0.4 is 0 Å². The minimum Gasteiger partial charge on any atom is -0.480 e. The van der Waals surface area contributed by atoms with Gasteiger partial charge in [-0.2, -0.15) is 0 Å². The SMILES string of the molecule is CC1CCN(C2CCS(=O)(=O)c3ccccc32)C1C(=O)O. The lowest BCUT2D eigenvalue weighted by Crippen LogP contribution is -2.43. The number of carbonyl (C=O) groups is 1. The average Bonchev–Trinajstić information content (AvgIpc) is 2.81. The normalized spacial score (nSPS) is 31.8. The number of nitrogens with zero attached hydrogens (tertiary/aromatic N) is 1. The summed E-state index contributed by atoms with van der Waals surface area (Å²) >= 11 is 0. The summed E-state index contributed by atoms with van der Waals surface area (Å²) in [6, 6.07) is 6.35. The summed E-state index contributed by atoms with van der Waals surface area (Å²) in [7, 11) is -3.23. The van der Waals surface area contributed by atoms with Gasteiger partial charge in [0.05, 0.1) is 10.6 Å². The maximum Gasteiger partial charge on any atom is 0.321 e. The van der Waals surface area contributed by atoms with Crippen molar-refractivity contribution in [2.24, 2.45) is 5.92 Å². The monoisotopic (exact) mass is 309 g/mol. The standard InChI is InChI=1S/C15H19NO4S/c1-10-6-8-16(14(10)15(17)18)12-7-9-21(19,20)13-5-3-2-4-11(12)13/h2-5,10,12,14H,6-9H2,1H3,(H,17,18). The summed E-state index contributed by atoms with van der Waals surface area (Å²) in [5.74, 6) is -0.634. The molecule has 114 valence electrons. The van der Waals surface area contributed by atoms with Gasteiger partial charge in [0.15, 0.2) is 9.84 Å². The molecule has 0 spiro atoms. The predicted octanol–water partition coefficient (Wildman–Crippen LogP) is 1.70. The van der Waals surface area contributed by atoms with E-state index in [0.717, 1.165) is 12.0 Å². The molecule has 6 heteroatoms. The van der Waals surface area contributed by atoms with E-state index in [9.17, 15) is 18.3 Å². The van der Waals surface area contributed by atoms with E-state index in [1.54, 1.807) is 12.1 Å². The Morgan fingerprint density at radius 3 is 2.71 bits per heavy atom. The number of fused-ring (bicyclic) bond motifs is 1. The van der Waals surface area contributed by atoms with Crippen LogP contribution in [-0.4, -0.2) is 42.7 Å². The fourth-order valence-corrected chi connectivity index (χ4v) is 5.23. The second-order valence-corrected chi connectivity index (χ2v) is 8.03. The molecule has 0 amide bonds. The molecule has 3 atom stereocenters. The Morgan fingerprint density at radius 1 is 1.29 bits per heavy atom. The number of hydrogen-bond donors (Lipinski definition) is 1. The van der Waals surface area contributed by atoms with Gasteiger partial charge in [-0.3, -0.25) is 9.69 Å². The van der Waals surface area contributed by atoms with Gasteiger partial charge < -0.3 is 5.11 Å². The van der Waals surface area contributed by atoms with E-state index in [2.05, 4.69) is 0 Å². The van der Waals surface area contributed by atoms with Crippen LogP contribution in [0.25, 0.3) is 0 Å². The van der Waals surface area contributed by atoms with Crippen LogP contribution in [0.4, 0.5) is 0 Å². The molecule has 1 saturated heterocycles. The quantitative estimate of drug-likeness (QED) is 0.900. The lowest BCUT2D eigenvalue weighted by atomic mass is 9.98. The molecule has 2 heterocycles. The third-order valence-electron chi connectivity index (χ3n) is 4.67. The van der Waals surface area contributed by atoms with Crippen molar-refractivity contribution in [1.29, 1.82) is 0 Å². The van der Waals surface area contributed by atoms with Gasteiger partial charge >= 0.3 is 5.97 Å². The van der Waals surface area contributed by atoms with E-state index in [1.807, 2.05) is 24.0 Å². The van der Waals surface area contributed by atoms with Crippen molar-refractivity contribution < 1.29 is 18.3 Å². The number of likely N-dealkylation sites (tertiary alicyclic amines) is 1. The second-order valence-electron chi connectivity index (χ2n) is 5.95. The van der Waals surface area contributed by atoms with Gasteiger partial charge in [-0.25, -0.2) is 8.42 Å². The zero-order valence-electron chi connectivity index (χ0n) is 11.9. The fraction of sp³-hybridized carbons (Fsp3) is 0.533. The first-order valence-corrected chi connectivity index (χ1v) is 8.87. The molecule has 3 rings (SSSR count). The number of hydrogen-bond acceptors (Lipinski definition) is 4. The second kappa shape index (κ2) is 5.10. The van der Waals surface area contributed by atoms with Gasteiger partial charge in [0, 0.05) is 6.04 Å². The van der Waals surface area contributed by atoms with E-state index >= 15 is 0 Å². The molecule has 1 N–H and O–H groups in total. The summed E-state index contributed by atoms with van der Waals surface area (Å²) in [6.45, 7) is 2.65. The average molecular weight is 309 g/mol. The molecule has 0 aromatic heterocycles. The molecule has 0 aliphatic carbocycles. The van der Waals surface area contributed by atoms with E-state index in [0.29, 0.717) is 17.9 Å². The van der Waals surface area contributed by atoms with Gasteiger partial charge in [-0.1, -0.05) is 25.1 Å². The van der Waals surface area contributed by atoms with Crippen LogP contribution in [-0.2, 0) is 14.6 Å². The van der Waals surface area contributed by atoms with E-state index in [1.165, 1.54) is 0 Å². The van der Waals surface area contributed by atoms with Gasteiger partial charge in [0.1, 0.15) is 6.04 Å². The first-order chi connectivity index (χ1) is 9.92. The third kappa shape index (κ3) is 2.36. The number of benzene rings is 1. The zero-order chi connectivity index (χ0) is 15.2. The van der Waals surface area contributed by atoms with Crippen molar-refractivity contribution in [3.05, 3.63) is 29.8 Å². The molecule has 0 saturated carbocycles. The molecule has 1 aromatic carbocycles. The van der Waals surface area contributed by atoms with Crippen LogP contribution in [0.5, 0.6) is 0 Å². The van der Waals surface area contributed by atoms with Crippen molar-refractivity contribution in [2.45, 2.75) is 36.7 Å². The first kappa shape index (κ1) is 14.5. The summed E-state index contributed by atoms with van der Waals surface area (Å²) in [5.41, 5.74) is 0.754. The highest BCUT2D eigenvalue weighted by molar-refractivity contribution is 7.91. The summed E-state index contributed by atoms with van der Waals surface area (Å²) in [6.07, 6.45) is 1.30. The molecule has 0 bridgehead atoms. The summed E-state index contributed by atoms with van der Waals surface area (Å²) in [5, 5.41) is 9.48. The predicted molar refractivity (Wildman–Crippen MR) is 77.8 cm³/mol. The highest BCUT2D eigenvalue weighted by Crippen LogP contribution is 2.40. The lowest BCUT2D eigenvalue weighted by Gasteiger charge is -2.35. The largest absolute Gasteiger partial charge is 0.480 e. The zero-order valence-corrected chi connectivity index (χ0v) is 12.7. The van der Waals surface area contributed by atoms with Crippen LogP contribution >= 0.6 is 0 Å². The van der Waals surface area contributed by atoms with Gasteiger partial charge in [0.25, 0.3) is 0 Å². The smallest absolute Gasteiger partial charge is 0.321 e. The van der Waals surface area contributed by atoms with Crippen molar-refractivity contribution in [3.8, 4) is 0 Å². The highest BCUT2D eigenvalue weighted by atomic mass is 32.2. The molecule has 0 radical (unpaired) electrons. The van der Waals surface area contributed by atoms with E-state index in [4.69, 9.17) is 0 Å².